The molecular formula is C15H21N5O. The number of H-pyrrole nitrogens is 1. The lowest BCUT2D eigenvalue weighted by molar-refractivity contribution is -0.127. The normalized spacial score (nSPS) is 19.8. The molecule has 3 rings (SSSR count). The molecule has 0 bridgehead atoms. The van der Waals surface area contributed by atoms with Gasteiger partial charge in [-0.05, 0) is 24.6 Å². The monoisotopic (exact) mass is 287 g/mol. The molecule has 0 spiro atoms. The van der Waals surface area contributed by atoms with Gasteiger partial charge in [-0.1, -0.05) is 0 Å². The van der Waals surface area contributed by atoms with Gasteiger partial charge in [-0.25, -0.2) is 4.98 Å². The summed E-state index contributed by atoms with van der Waals surface area (Å²) in [4.78, 5) is 21.9. The average Bonchev–Trinajstić information content (AvgIpc) is 2.91. The Morgan fingerprint density at radius 2 is 2.48 bits per heavy atom. The van der Waals surface area contributed by atoms with Crippen molar-refractivity contribution in [1.29, 1.82) is 0 Å². The summed E-state index contributed by atoms with van der Waals surface area (Å²) in [7, 11) is 0. The standard InChI is InChI=1S/C15H21N5O/c1-2-17-15(21)13-9-16-6-7-20(13)10-11-8-19-14-12(11)4-3-5-18-14/h3-5,8,13,16H,2,6-7,9-10H2,1H3,(H,17,21)(H,18,19). The van der Waals surface area contributed by atoms with Crippen molar-refractivity contribution >= 4 is 16.9 Å². The minimum atomic E-state index is -0.111. The van der Waals surface area contributed by atoms with Gasteiger partial charge >= 0.3 is 0 Å². The number of pyridine rings is 1. The molecule has 0 radical (unpaired) electrons. The minimum Gasteiger partial charge on any atom is -0.355 e. The van der Waals surface area contributed by atoms with Crippen LogP contribution in [-0.4, -0.2) is 53.0 Å². The summed E-state index contributed by atoms with van der Waals surface area (Å²) in [5.74, 6) is 0.0997. The molecule has 112 valence electrons. The molecule has 0 aromatic carbocycles. The highest BCUT2D eigenvalue weighted by Crippen LogP contribution is 2.19. The van der Waals surface area contributed by atoms with E-state index in [1.165, 1.54) is 5.56 Å². The number of fused-ring (bicyclic) bond motifs is 1. The number of carbonyl (C=O) groups is 1. The van der Waals surface area contributed by atoms with Gasteiger partial charge in [0.2, 0.25) is 5.91 Å². The summed E-state index contributed by atoms with van der Waals surface area (Å²) < 4.78 is 0. The van der Waals surface area contributed by atoms with Crippen LogP contribution in [0.4, 0.5) is 0 Å². The minimum absolute atomic E-state index is 0.0997. The zero-order valence-corrected chi connectivity index (χ0v) is 12.2. The lowest BCUT2D eigenvalue weighted by Gasteiger charge is -2.34. The molecule has 1 fully saturated rings. The van der Waals surface area contributed by atoms with Crippen molar-refractivity contribution in [2.75, 3.05) is 26.2 Å². The molecule has 3 heterocycles. The van der Waals surface area contributed by atoms with Gasteiger partial charge < -0.3 is 15.6 Å². The molecule has 1 atom stereocenters. The number of aromatic nitrogens is 2. The van der Waals surface area contributed by atoms with Gasteiger partial charge in [0.15, 0.2) is 0 Å². The Balaban J connectivity index is 1.79. The third-order valence-corrected chi connectivity index (χ3v) is 3.92. The maximum atomic E-state index is 12.2. The number of amides is 1. The molecule has 1 saturated heterocycles. The van der Waals surface area contributed by atoms with Crippen LogP contribution in [0.2, 0.25) is 0 Å². The fourth-order valence-electron chi connectivity index (χ4n) is 2.85. The number of aromatic amines is 1. The first-order valence-corrected chi connectivity index (χ1v) is 7.43. The zero-order chi connectivity index (χ0) is 14.7. The fourth-order valence-corrected chi connectivity index (χ4v) is 2.85. The van der Waals surface area contributed by atoms with Crippen molar-refractivity contribution in [2.24, 2.45) is 0 Å². The molecule has 0 saturated carbocycles. The molecule has 1 aliphatic heterocycles. The highest BCUT2D eigenvalue weighted by atomic mass is 16.2. The first kappa shape index (κ1) is 14.0. The van der Waals surface area contributed by atoms with E-state index in [9.17, 15) is 4.79 Å². The van der Waals surface area contributed by atoms with Crippen LogP contribution >= 0.6 is 0 Å². The van der Waals surface area contributed by atoms with E-state index in [2.05, 4.69) is 31.6 Å². The first-order valence-electron chi connectivity index (χ1n) is 7.43. The van der Waals surface area contributed by atoms with E-state index in [-0.39, 0.29) is 11.9 Å². The van der Waals surface area contributed by atoms with Gasteiger partial charge in [-0.3, -0.25) is 9.69 Å². The molecule has 6 heteroatoms. The number of nitrogens with one attached hydrogen (secondary N) is 3. The van der Waals surface area contributed by atoms with E-state index in [0.29, 0.717) is 13.1 Å². The van der Waals surface area contributed by atoms with E-state index in [1.54, 1.807) is 6.20 Å². The van der Waals surface area contributed by atoms with Crippen LogP contribution in [-0.2, 0) is 11.3 Å². The molecule has 2 aromatic heterocycles. The quantitative estimate of drug-likeness (QED) is 0.764. The number of hydrogen-bond acceptors (Lipinski definition) is 4. The van der Waals surface area contributed by atoms with Gasteiger partial charge in [-0.15, -0.1) is 0 Å². The van der Waals surface area contributed by atoms with Crippen molar-refractivity contribution < 1.29 is 4.79 Å². The Hall–Kier alpha value is -1.92. The summed E-state index contributed by atoms with van der Waals surface area (Å²) in [6, 6.07) is 3.90. The molecule has 1 unspecified atom stereocenters. The number of carbonyl (C=O) groups excluding carboxylic acids is 1. The van der Waals surface area contributed by atoms with Gasteiger partial charge in [0.05, 0.1) is 0 Å². The second kappa shape index (κ2) is 6.24. The zero-order valence-electron chi connectivity index (χ0n) is 12.2. The molecule has 6 nitrogen and oxygen atoms in total. The summed E-state index contributed by atoms with van der Waals surface area (Å²) in [5.41, 5.74) is 2.09. The Labute approximate surface area is 123 Å². The van der Waals surface area contributed by atoms with E-state index >= 15 is 0 Å². The SMILES string of the molecule is CCNC(=O)C1CNCCN1Cc1c[nH]c2ncccc12. The predicted octanol–water partition coefficient (Wildman–Crippen LogP) is 0.473. The van der Waals surface area contributed by atoms with Gasteiger partial charge in [0.25, 0.3) is 0 Å². The summed E-state index contributed by atoms with van der Waals surface area (Å²) in [5, 5.41) is 7.35. The Morgan fingerprint density at radius 1 is 1.57 bits per heavy atom. The summed E-state index contributed by atoms with van der Waals surface area (Å²) >= 11 is 0. The second-order valence-corrected chi connectivity index (χ2v) is 5.30. The molecule has 1 aliphatic rings. The van der Waals surface area contributed by atoms with Crippen LogP contribution in [0.3, 0.4) is 0 Å². The van der Waals surface area contributed by atoms with Crippen LogP contribution in [0.1, 0.15) is 12.5 Å². The Morgan fingerprint density at radius 3 is 3.33 bits per heavy atom. The third kappa shape index (κ3) is 2.91. The van der Waals surface area contributed by atoms with Gasteiger partial charge in [-0.2, -0.15) is 0 Å². The summed E-state index contributed by atoms with van der Waals surface area (Å²) in [6.45, 7) is 5.86. The van der Waals surface area contributed by atoms with Crippen molar-refractivity contribution in [2.45, 2.75) is 19.5 Å². The molecule has 21 heavy (non-hydrogen) atoms. The second-order valence-electron chi connectivity index (χ2n) is 5.30. The number of rotatable bonds is 4. The predicted molar refractivity (Wildman–Crippen MR) is 81.8 cm³/mol. The topological polar surface area (TPSA) is 73.1 Å². The van der Waals surface area contributed by atoms with Crippen LogP contribution < -0.4 is 10.6 Å². The van der Waals surface area contributed by atoms with E-state index < -0.39 is 0 Å². The molecule has 1 amide bonds. The first-order chi connectivity index (χ1) is 10.3. The maximum absolute atomic E-state index is 12.2. The van der Waals surface area contributed by atoms with Crippen molar-refractivity contribution in [1.82, 2.24) is 25.5 Å². The number of likely N-dealkylation sites (N-methyl/N-ethyl adjacent to an activating group) is 1. The highest BCUT2D eigenvalue weighted by Gasteiger charge is 2.28. The van der Waals surface area contributed by atoms with Crippen molar-refractivity contribution in [3.8, 4) is 0 Å². The summed E-state index contributed by atoms with van der Waals surface area (Å²) in [6.07, 6.45) is 3.78. The lowest BCUT2D eigenvalue weighted by Crippen LogP contribution is -2.57. The van der Waals surface area contributed by atoms with Crippen LogP contribution in [0.5, 0.6) is 0 Å². The molecule has 3 N–H and O–H groups in total. The Kier molecular flexibility index (Phi) is 4.17. The maximum Gasteiger partial charge on any atom is 0.238 e. The highest BCUT2D eigenvalue weighted by molar-refractivity contribution is 5.82. The van der Waals surface area contributed by atoms with Crippen LogP contribution in [0.15, 0.2) is 24.5 Å². The van der Waals surface area contributed by atoms with E-state index in [1.807, 2.05) is 19.2 Å². The lowest BCUT2D eigenvalue weighted by atomic mass is 10.1. The van der Waals surface area contributed by atoms with Gasteiger partial charge in [0, 0.05) is 50.5 Å². The van der Waals surface area contributed by atoms with Crippen LogP contribution in [0.25, 0.3) is 11.0 Å². The third-order valence-electron chi connectivity index (χ3n) is 3.92. The smallest absolute Gasteiger partial charge is 0.238 e. The van der Waals surface area contributed by atoms with E-state index in [0.717, 1.165) is 30.7 Å². The average molecular weight is 287 g/mol. The van der Waals surface area contributed by atoms with Crippen molar-refractivity contribution in [3.05, 3.63) is 30.1 Å². The molecule has 0 aliphatic carbocycles. The van der Waals surface area contributed by atoms with Gasteiger partial charge in [0.1, 0.15) is 11.7 Å². The molecular weight excluding hydrogens is 266 g/mol. The number of hydrogen-bond donors (Lipinski definition) is 3. The fraction of sp³-hybridized carbons (Fsp3) is 0.467. The molecule has 2 aromatic rings. The number of piperazine rings is 1. The number of nitrogens with zero attached hydrogens (tertiary/aromatic N) is 2. The largest absolute Gasteiger partial charge is 0.355 e. The van der Waals surface area contributed by atoms with Crippen LogP contribution in [0, 0.1) is 0 Å². The van der Waals surface area contributed by atoms with Crippen molar-refractivity contribution in [3.63, 3.8) is 0 Å². The van der Waals surface area contributed by atoms with E-state index in [4.69, 9.17) is 0 Å². The Bertz CT molecular complexity index is 623.